The third kappa shape index (κ3) is 2.83. The Morgan fingerprint density at radius 1 is 1.26 bits per heavy atom. The number of hydrogen-bond donors (Lipinski definition) is 0. The van der Waals surface area contributed by atoms with Crippen molar-refractivity contribution in [3.05, 3.63) is 27.2 Å². The van der Waals surface area contributed by atoms with E-state index in [2.05, 4.69) is 4.98 Å². The molecule has 0 N–H and O–H groups in total. The lowest BCUT2D eigenvalue weighted by Gasteiger charge is -2.04. The second-order valence-electron chi connectivity index (χ2n) is 3.61. The van der Waals surface area contributed by atoms with Crippen LogP contribution in [0.5, 0.6) is 0 Å². The topological polar surface area (TPSA) is 78.9 Å². The van der Waals surface area contributed by atoms with Crippen LogP contribution in [0.3, 0.4) is 0 Å². The smallest absolute Gasteiger partial charge is 0.316 e. The van der Waals surface area contributed by atoms with Gasteiger partial charge < -0.3 is 4.57 Å². The van der Waals surface area contributed by atoms with Gasteiger partial charge in [-0.15, -0.1) is 24.8 Å². The molecule has 0 atom stereocenters. The third-order valence-electron chi connectivity index (χ3n) is 2.51. The molecule has 0 aliphatic rings. The Hall–Kier alpha value is -1.31. The van der Waals surface area contributed by atoms with Crippen LogP contribution in [0.1, 0.15) is 0 Å². The first kappa shape index (κ1) is 17.7. The van der Waals surface area contributed by atoms with Gasteiger partial charge in [0.1, 0.15) is 0 Å². The van der Waals surface area contributed by atoms with Crippen LogP contribution in [0.15, 0.2) is 15.9 Å². The molecule has 2 aromatic heterocycles. The summed E-state index contributed by atoms with van der Waals surface area (Å²) < 4.78 is 3.53. The first-order valence-corrected chi connectivity index (χ1v) is 5.10. The monoisotopic (exact) mass is 328 g/mol. The molecule has 10 heteroatoms. The van der Waals surface area contributed by atoms with Gasteiger partial charge in [0.2, 0.25) is 5.24 Å². The second-order valence-corrected chi connectivity index (χ2v) is 4.03. The molecule has 0 radical (unpaired) electrons. The minimum absolute atomic E-state index is 0. The standard InChI is InChI=1S/C9H9ClN4O3.2ClH/c1-12-7-6(8(16)13(2)9(12)17)14(4-11-7)3-5(10)15;;/h4H,3H2,1-2H3;2*1H. The molecule has 2 aromatic rings. The average molecular weight is 330 g/mol. The first-order chi connectivity index (χ1) is 7.93. The lowest BCUT2D eigenvalue weighted by Crippen LogP contribution is -2.37. The minimum Gasteiger partial charge on any atom is -0.316 e. The summed E-state index contributed by atoms with van der Waals surface area (Å²) in [7, 11) is 2.87. The molecule has 0 saturated heterocycles. The molecular formula is C9H11Cl3N4O3. The van der Waals surface area contributed by atoms with Crippen molar-refractivity contribution in [1.29, 1.82) is 0 Å². The number of carbonyl (C=O) groups is 1. The summed E-state index contributed by atoms with van der Waals surface area (Å²) in [5.74, 6) is 0. The number of carbonyl (C=O) groups excluding carboxylic acids is 1. The van der Waals surface area contributed by atoms with Crippen LogP contribution in [0.4, 0.5) is 0 Å². The van der Waals surface area contributed by atoms with Gasteiger partial charge in [-0.05, 0) is 11.6 Å². The van der Waals surface area contributed by atoms with E-state index >= 15 is 0 Å². The molecular weight excluding hydrogens is 318 g/mol. The lowest BCUT2D eigenvalue weighted by molar-refractivity contribution is -0.112. The van der Waals surface area contributed by atoms with Gasteiger partial charge >= 0.3 is 5.69 Å². The van der Waals surface area contributed by atoms with E-state index in [0.29, 0.717) is 0 Å². The fourth-order valence-electron chi connectivity index (χ4n) is 1.65. The zero-order valence-electron chi connectivity index (χ0n) is 9.99. The summed E-state index contributed by atoms with van der Waals surface area (Å²) in [6.45, 7) is -0.161. The van der Waals surface area contributed by atoms with Crippen molar-refractivity contribution in [2.24, 2.45) is 14.1 Å². The quantitative estimate of drug-likeness (QED) is 0.729. The normalized spacial score (nSPS) is 9.84. The maximum absolute atomic E-state index is 11.9. The largest absolute Gasteiger partial charge is 0.332 e. The van der Waals surface area contributed by atoms with Crippen molar-refractivity contribution in [2.75, 3.05) is 0 Å². The van der Waals surface area contributed by atoms with E-state index in [1.807, 2.05) is 0 Å². The van der Waals surface area contributed by atoms with Crippen molar-refractivity contribution in [2.45, 2.75) is 6.54 Å². The first-order valence-electron chi connectivity index (χ1n) is 4.72. The van der Waals surface area contributed by atoms with E-state index in [0.717, 1.165) is 4.57 Å². The van der Waals surface area contributed by atoms with Gasteiger partial charge in [-0.3, -0.25) is 18.7 Å². The van der Waals surface area contributed by atoms with Crippen LogP contribution in [0.2, 0.25) is 0 Å². The molecule has 0 unspecified atom stereocenters. The molecule has 19 heavy (non-hydrogen) atoms. The predicted octanol–water partition coefficient (Wildman–Crippen LogP) is 0.0427. The van der Waals surface area contributed by atoms with Gasteiger partial charge in [-0.25, -0.2) is 9.78 Å². The summed E-state index contributed by atoms with van der Waals surface area (Å²) in [5, 5.41) is -0.611. The molecule has 0 fully saturated rings. The molecule has 0 aliphatic carbocycles. The Bertz CT molecular complexity index is 731. The lowest BCUT2D eigenvalue weighted by atomic mass is 10.5. The van der Waals surface area contributed by atoms with Crippen LogP contribution >= 0.6 is 36.4 Å². The highest BCUT2D eigenvalue weighted by Crippen LogP contribution is 2.05. The highest BCUT2D eigenvalue weighted by atomic mass is 35.5. The predicted molar refractivity (Wildman–Crippen MR) is 75.6 cm³/mol. The van der Waals surface area contributed by atoms with E-state index in [1.165, 1.54) is 29.6 Å². The molecule has 2 rings (SSSR count). The van der Waals surface area contributed by atoms with Crippen LogP contribution in [0.25, 0.3) is 11.2 Å². The Morgan fingerprint density at radius 3 is 2.37 bits per heavy atom. The summed E-state index contributed by atoms with van der Waals surface area (Å²) in [4.78, 5) is 38.3. The SMILES string of the molecule is Cl.Cl.Cn1c(=O)c2c(ncn2CC(=O)Cl)n(C)c1=O. The summed E-state index contributed by atoms with van der Waals surface area (Å²) in [6.07, 6.45) is 1.31. The molecule has 0 saturated carbocycles. The van der Waals surface area contributed by atoms with Gasteiger partial charge in [-0.2, -0.15) is 0 Å². The highest BCUT2D eigenvalue weighted by Gasteiger charge is 2.14. The van der Waals surface area contributed by atoms with Crippen molar-refractivity contribution in [3.8, 4) is 0 Å². The number of aryl methyl sites for hydroxylation is 1. The summed E-state index contributed by atoms with van der Waals surface area (Å²) in [6, 6.07) is 0. The number of hydrogen-bond acceptors (Lipinski definition) is 4. The van der Waals surface area contributed by atoms with E-state index in [-0.39, 0.29) is 42.5 Å². The van der Waals surface area contributed by atoms with E-state index in [4.69, 9.17) is 11.6 Å². The van der Waals surface area contributed by atoms with Crippen LogP contribution in [-0.2, 0) is 25.4 Å². The van der Waals surface area contributed by atoms with Crippen LogP contribution in [-0.4, -0.2) is 23.9 Å². The van der Waals surface area contributed by atoms with Crippen molar-refractivity contribution >= 4 is 52.8 Å². The number of rotatable bonds is 2. The fourth-order valence-corrected chi connectivity index (χ4v) is 1.78. The van der Waals surface area contributed by atoms with E-state index in [1.54, 1.807) is 0 Å². The van der Waals surface area contributed by atoms with E-state index < -0.39 is 16.5 Å². The van der Waals surface area contributed by atoms with Crippen molar-refractivity contribution in [3.63, 3.8) is 0 Å². The molecule has 0 aliphatic heterocycles. The van der Waals surface area contributed by atoms with Crippen LogP contribution in [0, 0.1) is 0 Å². The van der Waals surface area contributed by atoms with Gasteiger partial charge in [0, 0.05) is 14.1 Å². The zero-order valence-corrected chi connectivity index (χ0v) is 12.4. The Kier molecular flexibility index (Phi) is 5.80. The fraction of sp³-hybridized carbons (Fsp3) is 0.333. The van der Waals surface area contributed by atoms with Crippen LogP contribution < -0.4 is 11.2 Å². The van der Waals surface area contributed by atoms with Crippen molar-refractivity contribution in [1.82, 2.24) is 18.7 Å². The Labute approximate surface area is 124 Å². The maximum atomic E-state index is 11.9. The molecule has 106 valence electrons. The Balaban J connectivity index is 0.00000162. The number of fused-ring (bicyclic) bond motifs is 1. The molecule has 0 bridgehead atoms. The average Bonchev–Trinajstić information content (AvgIpc) is 2.66. The number of aromatic nitrogens is 4. The summed E-state index contributed by atoms with van der Waals surface area (Å²) >= 11 is 5.27. The number of nitrogens with zero attached hydrogens (tertiary/aromatic N) is 4. The number of halogens is 3. The van der Waals surface area contributed by atoms with Crippen molar-refractivity contribution < 1.29 is 4.79 Å². The van der Waals surface area contributed by atoms with Gasteiger partial charge in [-0.1, -0.05) is 0 Å². The zero-order chi connectivity index (χ0) is 12.7. The van der Waals surface area contributed by atoms with Gasteiger partial charge in [0.25, 0.3) is 5.56 Å². The minimum atomic E-state index is -0.611. The third-order valence-corrected chi connectivity index (χ3v) is 2.63. The maximum Gasteiger partial charge on any atom is 0.332 e. The van der Waals surface area contributed by atoms with Gasteiger partial charge in [0.15, 0.2) is 11.2 Å². The molecule has 0 spiro atoms. The van der Waals surface area contributed by atoms with Gasteiger partial charge in [0.05, 0.1) is 12.9 Å². The molecule has 7 nitrogen and oxygen atoms in total. The highest BCUT2D eigenvalue weighted by molar-refractivity contribution is 6.63. The summed E-state index contributed by atoms with van der Waals surface area (Å²) in [5.41, 5.74) is -0.553. The molecule has 0 aromatic carbocycles. The van der Waals surface area contributed by atoms with E-state index in [9.17, 15) is 14.4 Å². The molecule has 2 heterocycles. The molecule has 0 amide bonds. The Morgan fingerprint density at radius 2 is 1.84 bits per heavy atom. The second kappa shape index (κ2) is 6.23. The number of imidazole rings is 1.